The molecular weight excluding hydrogens is 372 g/mol. The van der Waals surface area contributed by atoms with E-state index in [2.05, 4.69) is 50.2 Å². The molecule has 0 amide bonds. The Kier molecular flexibility index (Phi) is 8.06. The van der Waals surface area contributed by atoms with E-state index < -0.39 is 0 Å². The van der Waals surface area contributed by atoms with Gasteiger partial charge < -0.3 is 14.6 Å². The van der Waals surface area contributed by atoms with Crippen LogP contribution in [0.15, 0.2) is 84.9 Å². The van der Waals surface area contributed by atoms with Crippen molar-refractivity contribution < 1.29 is 14.6 Å². The molecule has 0 spiro atoms. The van der Waals surface area contributed by atoms with Gasteiger partial charge in [-0.3, -0.25) is 0 Å². The molecule has 0 radical (unpaired) electrons. The number of aliphatic hydroxyl groups is 1. The van der Waals surface area contributed by atoms with Gasteiger partial charge in [0.2, 0.25) is 0 Å². The van der Waals surface area contributed by atoms with Crippen LogP contribution in [-0.4, -0.2) is 17.3 Å². The third kappa shape index (κ3) is 6.45. The molecule has 3 aromatic rings. The lowest BCUT2D eigenvalue weighted by Gasteiger charge is -2.35. The molecule has 0 aliphatic rings. The average molecular weight is 405 g/mol. The third-order valence-electron chi connectivity index (χ3n) is 5.47. The Morgan fingerprint density at radius 2 is 1.33 bits per heavy atom. The second-order valence-electron chi connectivity index (χ2n) is 8.14. The van der Waals surface area contributed by atoms with Crippen LogP contribution in [0.4, 0.5) is 0 Å². The largest absolute Gasteiger partial charge is 0.489 e. The average Bonchev–Trinajstić information content (AvgIpc) is 2.79. The molecule has 1 N–H and O–H groups in total. The number of hydrogen-bond donors (Lipinski definition) is 1. The van der Waals surface area contributed by atoms with Gasteiger partial charge in [-0.05, 0) is 55.5 Å². The highest BCUT2D eigenvalue weighted by Gasteiger charge is 2.31. The molecule has 3 aromatic carbocycles. The Bertz CT molecular complexity index is 858. The van der Waals surface area contributed by atoms with Crippen LogP contribution in [0.1, 0.15) is 49.3 Å². The van der Waals surface area contributed by atoms with Crippen LogP contribution < -0.4 is 4.74 Å². The first-order valence-electron chi connectivity index (χ1n) is 10.6. The fourth-order valence-corrected chi connectivity index (χ4v) is 3.69. The Morgan fingerprint density at radius 1 is 0.767 bits per heavy atom. The van der Waals surface area contributed by atoms with Crippen molar-refractivity contribution in [2.75, 3.05) is 6.61 Å². The van der Waals surface area contributed by atoms with Gasteiger partial charge in [0, 0.05) is 12.5 Å². The van der Waals surface area contributed by atoms with E-state index in [-0.39, 0.29) is 18.1 Å². The van der Waals surface area contributed by atoms with Gasteiger partial charge in [-0.15, -0.1) is 0 Å². The minimum absolute atomic E-state index is 0.177. The Balaban J connectivity index is 1.67. The Morgan fingerprint density at radius 3 is 1.90 bits per heavy atom. The molecule has 1 unspecified atom stereocenters. The normalized spacial score (nSPS) is 12.5. The molecule has 3 heteroatoms. The summed E-state index contributed by atoms with van der Waals surface area (Å²) in [6.07, 6.45) is 1.61. The molecule has 0 fully saturated rings. The van der Waals surface area contributed by atoms with Crippen molar-refractivity contribution >= 4 is 0 Å². The molecule has 30 heavy (non-hydrogen) atoms. The standard InChI is InChI=1S/C27H32O3/c1-27(2,30-21-23-12-7-4-8-13-23)26(14-9-19-28)24-15-17-25(18-16-24)29-20-22-10-5-3-6-11-22/h3-8,10-13,15-18,26,28H,9,14,19-21H2,1-2H3. The van der Waals surface area contributed by atoms with E-state index in [0.717, 1.165) is 29.7 Å². The predicted molar refractivity (Wildman–Crippen MR) is 122 cm³/mol. The first kappa shape index (κ1) is 22.1. The van der Waals surface area contributed by atoms with Crippen LogP contribution in [0.25, 0.3) is 0 Å². The van der Waals surface area contributed by atoms with Gasteiger partial charge in [0.15, 0.2) is 0 Å². The van der Waals surface area contributed by atoms with Crippen LogP contribution in [0, 0.1) is 0 Å². The summed E-state index contributed by atoms with van der Waals surface area (Å²) in [5, 5.41) is 9.40. The maximum Gasteiger partial charge on any atom is 0.119 e. The molecule has 0 aromatic heterocycles. The predicted octanol–water partition coefficient (Wildman–Crippen LogP) is 6.12. The van der Waals surface area contributed by atoms with Gasteiger partial charge >= 0.3 is 0 Å². The second kappa shape index (κ2) is 11.0. The van der Waals surface area contributed by atoms with Crippen molar-refractivity contribution in [3.8, 4) is 5.75 Å². The highest BCUT2D eigenvalue weighted by Crippen LogP contribution is 2.36. The maximum absolute atomic E-state index is 9.40. The van der Waals surface area contributed by atoms with Gasteiger partial charge in [0.25, 0.3) is 0 Å². The summed E-state index contributed by atoms with van der Waals surface area (Å²) in [5.74, 6) is 1.03. The summed E-state index contributed by atoms with van der Waals surface area (Å²) in [6, 6.07) is 28.7. The number of rotatable bonds is 11. The molecule has 158 valence electrons. The zero-order valence-electron chi connectivity index (χ0n) is 18.0. The van der Waals surface area contributed by atoms with E-state index in [9.17, 15) is 5.11 Å². The van der Waals surface area contributed by atoms with Gasteiger partial charge in [0.05, 0.1) is 12.2 Å². The second-order valence-corrected chi connectivity index (χ2v) is 8.14. The van der Waals surface area contributed by atoms with Crippen molar-refractivity contribution in [3.05, 3.63) is 102 Å². The molecule has 1 atom stereocenters. The van der Waals surface area contributed by atoms with Crippen molar-refractivity contribution in [1.82, 2.24) is 0 Å². The maximum atomic E-state index is 9.40. The van der Waals surface area contributed by atoms with Gasteiger partial charge in [-0.1, -0.05) is 72.8 Å². The molecule has 0 aliphatic carbocycles. The van der Waals surface area contributed by atoms with E-state index in [1.807, 2.05) is 48.5 Å². The monoisotopic (exact) mass is 404 g/mol. The third-order valence-corrected chi connectivity index (χ3v) is 5.47. The van der Waals surface area contributed by atoms with Crippen molar-refractivity contribution in [2.24, 2.45) is 0 Å². The van der Waals surface area contributed by atoms with Crippen LogP contribution in [-0.2, 0) is 18.0 Å². The van der Waals surface area contributed by atoms with Gasteiger partial charge in [-0.2, -0.15) is 0 Å². The minimum Gasteiger partial charge on any atom is -0.489 e. The highest BCUT2D eigenvalue weighted by molar-refractivity contribution is 5.31. The number of hydrogen-bond acceptors (Lipinski definition) is 3. The highest BCUT2D eigenvalue weighted by atomic mass is 16.5. The SMILES string of the molecule is CC(C)(OCc1ccccc1)C(CCCO)c1ccc(OCc2ccccc2)cc1. The molecule has 3 nitrogen and oxygen atoms in total. The van der Waals surface area contributed by atoms with E-state index in [1.165, 1.54) is 5.56 Å². The van der Waals surface area contributed by atoms with Crippen LogP contribution in [0.5, 0.6) is 5.75 Å². The molecule has 0 heterocycles. The van der Waals surface area contributed by atoms with Crippen molar-refractivity contribution in [1.29, 1.82) is 0 Å². The van der Waals surface area contributed by atoms with Gasteiger partial charge in [0.1, 0.15) is 12.4 Å². The molecule has 0 aliphatic heterocycles. The molecule has 0 saturated carbocycles. The first-order chi connectivity index (χ1) is 14.6. The lowest BCUT2D eigenvalue weighted by Crippen LogP contribution is -2.33. The van der Waals surface area contributed by atoms with E-state index >= 15 is 0 Å². The van der Waals surface area contributed by atoms with Crippen LogP contribution >= 0.6 is 0 Å². The molecule has 0 saturated heterocycles. The molecule has 0 bridgehead atoms. The van der Waals surface area contributed by atoms with Crippen molar-refractivity contribution in [2.45, 2.75) is 51.4 Å². The van der Waals surface area contributed by atoms with Gasteiger partial charge in [-0.25, -0.2) is 0 Å². The lowest BCUT2D eigenvalue weighted by atomic mass is 9.81. The zero-order chi connectivity index (χ0) is 21.2. The first-order valence-corrected chi connectivity index (χ1v) is 10.6. The fourth-order valence-electron chi connectivity index (χ4n) is 3.69. The quantitative estimate of drug-likeness (QED) is 0.419. The number of benzene rings is 3. The molecular formula is C27H32O3. The fraction of sp³-hybridized carbons (Fsp3) is 0.333. The van der Waals surface area contributed by atoms with Crippen LogP contribution in [0.3, 0.4) is 0 Å². The van der Waals surface area contributed by atoms with Crippen LogP contribution in [0.2, 0.25) is 0 Å². The summed E-state index contributed by atoms with van der Waals surface area (Å²) < 4.78 is 12.3. The van der Waals surface area contributed by atoms with E-state index in [4.69, 9.17) is 9.47 Å². The van der Waals surface area contributed by atoms with E-state index in [1.54, 1.807) is 0 Å². The number of aliphatic hydroxyl groups excluding tert-OH is 1. The van der Waals surface area contributed by atoms with E-state index in [0.29, 0.717) is 13.2 Å². The summed E-state index contributed by atoms with van der Waals surface area (Å²) >= 11 is 0. The molecule has 3 rings (SSSR count). The minimum atomic E-state index is -0.364. The Hall–Kier alpha value is -2.62. The smallest absolute Gasteiger partial charge is 0.119 e. The zero-order valence-corrected chi connectivity index (χ0v) is 18.0. The summed E-state index contributed by atoms with van der Waals surface area (Å²) in [4.78, 5) is 0. The van der Waals surface area contributed by atoms with Crippen molar-refractivity contribution in [3.63, 3.8) is 0 Å². The lowest BCUT2D eigenvalue weighted by molar-refractivity contribution is -0.0516. The number of ether oxygens (including phenoxy) is 2. The summed E-state index contributed by atoms with van der Waals surface area (Å²) in [7, 11) is 0. The summed E-state index contributed by atoms with van der Waals surface area (Å²) in [6.45, 7) is 5.58. The topological polar surface area (TPSA) is 38.7 Å². The summed E-state index contributed by atoms with van der Waals surface area (Å²) in [5.41, 5.74) is 3.15. The Labute approximate surface area is 180 Å².